The van der Waals surface area contributed by atoms with E-state index < -0.39 is 0 Å². The molecule has 3 nitrogen and oxygen atoms in total. The van der Waals surface area contributed by atoms with Crippen molar-refractivity contribution in [2.24, 2.45) is 5.92 Å². The van der Waals surface area contributed by atoms with Crippen molar-refractivity contribution in [3.63, 3.8) is 0 Å². The molecule has 0 saturated carbocycles. The Morgan fingerprint density at radius 1 is 1.15 bits per heavy atom. The highest BCUT2D eigenvalue weighted by atomic mass is 16.3. The molecule has 2 rings (SSSR count). The van der Waals surface area contributed by atoms with Gasteiger partial charge in [-0.1, -0.05) is 38.1 Å². The minimum absolute atomic E-state index is 0.0227. The predicted molar refractivity (Wildman–Crippen MR) is 79.6 cm³/mol. The number of furan rings is 1. The highest BCUT2D eigenvalue weighted by Crippen LogP contribution is 2.16. The fraction of sp³-hybridized carbons (Fsp3) is 0.353. The van der Waals surface area contributed by atoms with Crippen LogP contribution in [0.4, 0.5) is 0 Å². The van der Waals surface area contributed by atoms with Crippen molar-refractivity contribution in [1.82, 2.24) is 5.32 Å². The molecule has 0 aliphatic carbocycles. The smallest absolute Gasteiger partial charge is 0.255 e. The summed E-state index contributed by atoms with van der Waals surface area (Å²) in [5, 5.41) is 2.96. The Labute approximate surface area is 120 Å². The lowest BCUT2D eigenvalue weighted by Crippen LogP contribution is -2.26. The number of benzene rings is 1. The van der Waals surface area contributed by atoms with Crippen LogP contribution >= 0.6 is 0 Å². The van der Waals surface area contributed by atoms with Gasteiger partial charge >= 0.3 is 0 Å². The second-order valence-electron chi connectivity index (χ2n) is 5.55. The van der Waals surface area contributed by atoms with Crippen LogP contribution in [0.3, 0.4) is 0 Å². The number of carbonyl (C=O) groups excluding carboxylic acids is 1. The molecule has 106 valence electrons. The molecular weight excluding hydrogens is 250 g/mol. The number of carbonyl (C=O) groups is 1. The molecule has 1 heterocycles. The molecular formula is C17H21NO2. The molecule has 0 fully saturated rings. The lowest BCUT2D eigenvalue weighted by Gasteiger charge is -2.14. The zero-order valence-corrected chi connectivity index (χ0v) is 12.2. The first-order valence-electron chi connectivity index (χ1n) is 6.98. The molecule has 20 heavy (non-hydrogen) atoms. The fourth-order valence-corrected chi connectivity index (χ4v) is 2.17. The summed E-state index contributed by atoms with van der Waals surface area (Å²) in [6.45, 7) is 6.40. The van der Waals surface area contributed by atoms with Gasteiger partial charge in [-0.25, -0.2) is 0 Å². The van der Waals surface area contributed by atoms with Crippen molar-refractivity contribution < 1.29 is 9.21 Å². The van der Waals surface area contributed by atoms with Gasteiger partial charge in [-0.15, -0.1) is 0 Å². The lowest BCUT2D eigenvalue weighted by molar-refractivity contribution is 0.0939. The zero-order chi connectivity index (χ0) is 14.5. The van der Waals surface area contributed by atoms with E-state index in [9.17, 15) is 4.79 Å². The largest absolute Gasteiger partial charge is 0.472 e. The summed E-state index contributed by atoms with van der Waals surface area (Å²) in [7, 11) is 0. The highest BCUT2D eigenvalue weighted by molar-refractivity contribution is 5.93. The maximum Gasteiger partial charge on any atom is 0.255 e. The Balaban J connectivity index is 1.98. The highest BCUT2D eigenvalue weighted by Gasteiger charge is 2.12. The number of rotatable bonds is 5. The monoisotopic (exact) mass is 271 g/mol. The summed E-state index contributed by atoms with van der Waals surface area (Å²) < 4.78 is 4.91. The number of hydrogen-bond acceptors (Lipinski definition) is 2. The third-order valence-electron chi connectivity index (χ3n) is 3.25. The van der Waals surface area contributed by atoms with E-state index >= 15 is 0 Å². The molecule has 0 aliphatic rings. The van der Waals surface area contributed by atoms with Crippen LogP contribution in [0.1, 0.15) is 48.3 Å². The molecule has 0 radical (unpaired) electrons. The first-order valence-corrected chi connectivity index (χ1v) is 6.98. The van der Waals surface area contributed by atoms with Crippen LogP contribution in [0, 0.1) is 5.92 Å². The van der Waals surface area contributed by atoms with Gasteiger partial charge in [0.15, 0.2) is 0 Å². The summed E-state index contributed by atoms with van der Waals surface area (Å²) in [5.41, 5.74) is 2.99. The van der Waals surface area contributed by atoms with Crippen molar-refractivity contribution in [3.05, 3.63) is 59.5 Å². The van der Waals surface area contributed by atoms with E-state index in [-0.39, 0.29) is 11.9 Å². The zero-order valence-electron chi connectivity index (χ0n) is 12.2. The van der Waals surface area contributed by atoms with Crippen molar-refractivity contribution in [2.75, 3.05) is 0 Å². The first-order chi connectivity index (χ1) is 9.56. The predicted octanol–water partition coefficient (Wildman–Crippen LogP) is 3.97. The first kappa shape index (κ1) is 14.4. The third-order valence-corrected chi connectivity index (χ3v) is 3.25. The van der Waals surface area contributed by atoms with E-state index in [0.717, 1.165) is 12.0 Å². The van der Waals surface area contributed by atoms with Crippen LogP contribution < -0.4 is 5.32 Å². The summed E-state index contributed by atoms with van der Waals surface area (Å²) in [6.07, 6.45) is 4.03. The Kier molecular flexibility index (Phi) is 4.61. The van der Waals surface area contributed by atoms with E-state index in [2.05, 4.69) is 43.4 Å². The minimum atomic E-state index is -0.113. The van der Waals surface area contributed by atoms with Gasteiger partial charge in [0.25, 0.3) is 5.91 Å². The van der Waals surface area contributed by atoms with E-state index in [1.807, 2.05) is 6.92 Å². The normalized spacial score (nSPS) is 12.4. The Hall–Kier alpha value is -2.03. The average molecular weight is 271 g/mol. The number of nitrogens with one attached hydrogen (secondary N) is 1. The van der Waals surface area contributed by atoms with E-state index in [4.69, 9.17) is 4.42 Å². The summed E-state index contributed by atoms with van der Waals surface area (Å²) in [6, 6.07) is 10.1. The summed E-state index contributed by atoms with van der Waals surface area (Å²) in [4.78, 5) is 11.9. The van der Waals surface area contributed by atoms with Crippen LogP contribution in [0.25, 0.3) is 0 Å². The van der Waals surface area contributed by atoms with Crippen LogP contribution in [-0.2, 0) is 6.42 Å². The Morgan fingerprint density at radius 2 is 1.85 bits per heavy atom. The molecule has 1 N–H and O–H groups in total. The van der Waals surface area contributed by atoms with E-state index in [1.54, 1.807) is 6.07 Å². The van der Waals surface area contributed by atoms with Gasteiger partial charge in [0, 0.05) is 0 Å². The second kappa shape index (κ2) is 6.42. The third kappa shape index (κ3) is 3.73. The van der Waals surface area contributed by atoms with Gasteiger partial charge in [-0.2, -0.15) is 0 Å². The van der Waals surface area contributed by atoms with Crippen LogP contribution in [-0.4, -0.2) is 5.91 Å². The molecule has 1 amide bonds. The van der Waals surface area contributed by atoms with Crippen molar-refractivity contribution in [1.29, 1.82) is 0 Å². The van der Waals surface area contributed by atoms with Crippen LogP contribution in [0.2, 0.25) is 0 Å². The molecule has 3 heteroatoms. The maximum absolute atomic E-state index is 11.9. The fourth-order valence-electron chi connectivity index (χ4n) is 2.17. The average Bonchev–Trinajstić information content (AvgIpc) is 2.92. The SMILES string of the molecule is CC(C)Cc1ccc(C(C)NC(=O)c2ccoc2)cc1. The summed E-state index contributed by atoms with van der Waals surface area (Å²) >= 11 is 0. The minimum Gasteiger partial charge on any atom is -0.472 e. The topological polar surface area (TPSA) is 42.2 Å². The molecule has 0 spiro atoms. The molecule has 1 aromatic carbocycles. The maximum atomic E-state index is 11.9. The number of hydrogen-bond donors (Lipinski definition) is 1. The van der Waals surface area contributed by atoms with Gasteiger partial charge in [-0.05, 0) is 36.5 Å². The molecule has 0 bridgehead atoms. The Bertz CT molecular complexity index is 541. The molecule has 1 atom stereocenters. The molecule has 1 aromatic heterocycles. The van der Waals surface area contributed by atoms with Gasteiger partial charge in [0.1, 0.15) is 6.26 Å². The van der Waals surface area contributed by atoms with Crippen LogP contribution in [0.15, 0.2) is 47.3 Å². The molecule has 2 aromatic rings. The van der Waals surface area contributed by atoms with E-state index in [0.29, 0.717) is 11.5 Å². The van der Waals surface area contributed by atoms with Crippen molar-refractivity contribution in [3.8, 4) is 0 Å². The lowest BCUT2D eigenvalue weighted by atomic mass is 10.00. The van der Waals surface area contributed by atoms with Crippen molar-refractivity contribution >= 4 is 5.91 Å². The quantitative estimate of drug-likeness (QED) is 0.894. The second-order valence-corrected chi connectivity index (χ2v) is 5.55. The van der Waals surface area contributed by atoms with Gasteiger partial charge in [0.2, 0.25) is 0 Å². The standard InChI is InChI=1S/C17H21NO2/c1-12(2)10-14-4-6-15(7-5-14)13(3)18-17(19)16-8-9-20-11-16/h4-9,11-13H,10H2,1-3H3,(H,18,19). The number of amides is 1. The van der Waals surface area contributed by atoms with Crippen molar-refractivity contribution in [2.45, 2.75) is 33.2 Å². The van der Waals surface area contributed by atoms with Gasteiger partial charge < -0.3 is 9.73 Å². The van der Waals surface area contributed by atoms with Gasteiger partial charge in [0.05, 0.1) is 17.9 Å². The molecule has 0 aliphatic heterocycles. The molecule has 1 unspecified atom stereocenters. The summed E-state index contributed by atoms with van der Waals surface area (Å²) in [5.74, 6) is 0.538. The van der Waals surface area contributed by atoms with E-state index in [1.165, 1.54) is 18.1 Å². The molecule has 0 saturated heterocycles. The Morgan fingerprint density at radius 3 is 2.40 bits per heavy atom. The van der Waals surface area contributed by atoms with Crippen LogP contribution in [0.5, 0.6) is 0 Å². The van der Waals surface area contributed by atoms with Gasteiger partial charge in [-0.3, -0.25) is 4.79 Å².